The van der Waals surface area contributed by atoms with Crippen LogP contribution in [0.3, 0.4) is 0 Å². The number of aromatic nitrogens is 2. The zero-order valence-electron chi connectivity index (χ0n) is 9.40. The molecule has 5 heteroatoms. The first-order chi connectivity index (χ1) is 7.13. The van der Waals surface area contributed by atoms with E-state index in [1.165, 1.54) is 0 Å². The van der Waals surface area contributed by atoms with Crippen LogP contribution in [0.1, 0.15) is 37.4 Å². The minimum absolute atomic E-state index is 0.160. The van der Waals surface area contributed by atoms with E-state index in [0.717, 1.165) is 6.42 Å². The first kappa shape index (κ1) is 11.7. The second-order valence-corrected chi connectivity index (χ2v) is 3.88. The molecule has 0 N–H and O–H groups in total. The summed E-state index contributed by atoms with van der Waals surface area (Å²) in [6.45, 7) is 2.67. The minimum atomic E-state index is 0.160. The van der Waals surface area contributed by atoms with Gasteiger partial charge in [-0.2, -0.15) is 10.2 Å². The van der Waals surface area contributed by atoms with Crippen LogP contribution in [0.4, 0.5) is 0 Å². The average molecular weight is 208 g/mol. The lowest BCUT2D eigenvalue weighted by atomic mass is 10.1. The fourth-order valence-electron chi connectivity index (χ4n) is 1.22. The van der Waals surface area contributed by atoms with Gasteiger partial charge in [0.2, 0.25) is 5.89 Å². The average Bonchev–Trinajstić information content (AvgIpc) is 2.61. The predicted octanol–water partition coefficient (Wildman–Crippen LogP) is 1.54. The highest BCUT2D eigenvalue weighted by atomic mass is 16.5. The normalized spacial score (nSPS) is 12.7. The van der Waals surface area contributed by atoms with E-state index in [-0.39, 0.29) is 5.92 Å². The highest BCUT2D eigenvalue weighted by Gasteiger charge is 2.13. The molecule has 0 aliphatic carbocycles. The van der Waals surface area contributed by atoms with Crippen LogP contribution in [0, 0.1) is 11.3 Å². The monoisotopic (exact) mass is 208 g/mol. The smallest absolute Gasteiger partial charge is 0.229 e. The number of nitriles is 1. The van der Waals surface area contributed by atoms with E-state index in [4.69, 9.17) is 9.78 Å². The van der Waals surface area contributed by atoms with Crippen LogP contribution >= 0.6 is 0 Å². The number of nitrogens with zero attached hydrogens (tertiary/aromatic N) is 4. The van der Waals surface area contributed by atoms with Gasteiger partial charge in [-0.05, 0) is 20.5 Å². The SMILES string of the molecule is CC(CCC#N)c1nc(CN(C)C)no1. The Morgan fingerprint density at radius 3 is 2.87 bits per heavy atom. The van der Waals surface area contributed by atoms with E-state index in [1.807, 2.05) is 25.9 Å². The van der Waals surface area contributed by atoms with E-state index in [9.17, 15) is 0 Å². The fourth-order valence-corrected chi connectivity index (χ4v) is 1.22. The Morgan fingerprint density at radius 1 is 1.53 bits per heavy atom. The van der Waals surface area contributed by atoms with Crippen molar-refractivity contribution in [2.75, 3.05) is 14.1 Å². The molecule has 0 spiro atoms. The largest absolute Gasteiger partial charge is 0.339 e. The van der Waals surface area contributed by atoms with Gasteiger partial charge in [0.25, 0.3) is 0 Å². The lowest BCUT2D eigenvalue weighted by Crippen LogP contribution is -2.11. The van der Waals surface area contributed by atoms with Gasteiger partial charge in [-0.1, -0.05) is 12.1 Å². The molecule has 1 heterocycles. The molecule has 0 saturated heterocycles. The molecular formula is C10H16N4O. The van der Waals surface area contributed by atoms with Crippen molar-refractivity contribution in [1.82, 2.24) is 15.0 Å². The van der Waals surface area contributed by atoms with Gasteiger partial charge in [-0.15, -0.1) is 0 Å². The summed E-state index contributed by atoms with van der Waals surface area (Å²) in [4.78, 5) is 6.26. The molecule has 0 bridgehead atoms. The third-order valence-corrected chi connectivity index (χ3v) is 2.05. The Morgan fingerprint density at radius 2 is 2.27 bits per heavy atom. The van der Waals surface area contributed by atoms with Crippen molar-refractivity contribution in [3.05, 3.63) is 11.7 Å². The Hall–Kier alpha value is -1.41. The van der Waals surface area contributed by atoms with E-state index in [1.54, 1.807) is 0 Å². The molecular weight excluding hydrogens is 192 g/mol. The second kappa shape index (κ2) is 5.47. The van der Waals surface area contributed by atoms with Crippen molar-refractivity contribution >= 4 is 0 Å². The van der Waals surface area contributed by atoms with Gasteiger partial charge in [0, 0.05) is 12.3 Å². The number of rotatable bonds is 5. The van der Waals surface area contributed by atoms with E-state index in [0.29, 0.717) is 24.7 Å². The summed E-state index contributed by atoms with van der Waals surface area (Å²) in [5.41, 5.74) is 0. The molecule has 0 amide bonds. The summed E-state index contributed by atoms with van der Waals surface area (Å²) in [7, 11) is 3.91. The predicted molar refractivity (Wildman–Crippen MR) is 55.0 cm³/mol. The first-order valence-corrected chi connectivity index (χ1v) is 4.97. The summed E-state index contributed by atoms with van der Waals surface area (Å²) in [6.07, 6.45) is 1.28. The topological polar surface area (TPSA) is 66.0 Å². The van der Waals surface area contributed by atoms with Gasteiger partial charge in [-0.3, -0.25) is 0 Å². The molecule has 0 aliphatic heterocycles. The van der Waals surface area contributed by atoms with Crippen LogP contribution in [-0.4, -0.2) is 29.1 Å². The van der Waals surface area contributed by atoms with Gasteiger partial charge in [-0.25, -0.2) is 0 Å². The lowest BCUT2D eigenvalue weighted by molar-refractivity contribution is 0.336. The summed E-state index contributed by atoms with van der Waals surface area (Å²) >= 11 is 0. The molecule has 1 atom stereocenters. The van der Waals surface area contributed by atoms with Crippen molar-refractivity contribution in [2.24, 2.45) is 0 Å². The van der Waals surface area contributed by atoms with E-state index < -0.39 is 0 Å². The maximum absolute atomic E-state index is 8.46. The highest BCUT2D eigenvalue weighted by Crippen LogP contribution is 2.18. The third-order valence-electron chi connectivity index (χ3n) is 2.05. The van der Waals surface area contributed by atoms with Gasteiger partial charge >= 0.3 is 0 Å². The summed E-state index contributed by atoms with van der Waals surface area (Å²) in [6, 6.07) is 2.11. The summed E-state index contributed by atoms with van der Waals surface area (Å²) in [5, 5.41) is 12.3. The van der Waals surface area contributed by atoms with Crippen molar-refractivity contribution in [3.63, 3.8) is 0 Å². The zero-order valence-corrected chi connectivity index (χ0v) is 9.40. The fraction of sp³-hybridized carbons (Fsp3) is 0.700. The molecule has 0 aliphatic rings. The molecule has 5 nitrogen and oxygen atoms in total. The Balaban J connectivity index is 2.55. The van der Waals surface area contributed by atoms with Gasteiger partial charge < -0.3 is 9.42 Å². The van der Waals surface area contributed by atoms with Crippen LogP contribution in [0.25, 0.3) is 0 Å². The summed E-state index contributed by atoms with van der Waals surface area (Å²) < 4.78 is 5.13. The van der Waals surface area contributed by atoms with Crippen LogP contribution in [-0.2, 0) is 6.54 Å². The van der Waals surface area contributed by atoms with Crippen molar-refractivity contribution in [2.45, 2.75) is 32.2 Å². The van der Waals surface area contributed by atoms with Gasteiger partial charge in [0.15, 0.2) is 5.82 Å². The molecule has 1 rings (SSSR count). The molecule has 1 aromatic rings. The maximum Gasteiger partial charge on any atom is 0.229 e. The van der Waals surface area contributed by atoms with Crippen LogP contribution in [0.2, 0.25) is 0 Å². The van der Waals surface area contributed by atoms with Crippen LogP contribution in [0.5, 0.6) is 0 Å². The van der Waals surface area contributed by atoms with E-state index in [2.05, 4.69) is 16.2 Å². The third kappa shape index (κ3) is 3.68. The van der Waals surface area contributed by atoms with E-state index >= 15 is 0 Å². The standard InChI is InChI=1S/C10H16N4O/c1-8(5-4-6-11)10-12-9(13-15-10)7-14(2)3/h8H,4-5,7H2,1-3H3. The molecule has 0 radical (unpaired) electrons. The van der Waals surface area contributed by atoms with Crippen molar-refractivity contribution < 1.29 is 4.52 Å². The Bertz CT molecular complexity index is 339. The van der Waals surface area contributed by atoms with Crippen molar-refractivity contribution in [1.29, 1.82) is 5.26 Å². The second-order valence-electron chi connectivity index (χ2n) is 3.88. The first-order valence-electron chi connectivity index (χ1n) is 4.97. The Kier molecular flexibility index (Phi) is 4.25. The minimum Gasteiger partial charge on any atom is -0.339 e. The molecule has 0 fully saturated rings. The van der Waals surface area contributed by atoms with Crippen LogP contribution < -0.4 is 0 Å². The lowest BCUT2D eigenvalue weighted by Gasteiger charge is -2.04. The van der Waals surface area contributed by atoms with Gasteiger partial charge in [0.1, 0.15) is 0 Å². The Labute approximate surface area is 89.7 Å². The molecule has 1 unspecified atom stereocenters. The number of hydrogen-bond acceptors (Lipinski definition) is 5. The zero-order chi connectivity index (χ0) is 11.3. The van der Waals surface area contributed by atoms with Gasteiger partial charge in [0.05, 0.1) is 12.6 Å². The molecule has 82 valence electrons. The number of hydrogen-bond donors (Lipinski definition) is 0. The maximum atomic E-state index is 8.46. The molecule has 1 aromatic heterocycles. The molecule has 0 aromatic carbocycles. The quantitative estimate of drug-likeness (QED) is 0.734. The molecule has 0 saturated carbocycles. The van der Waals surface area contributed by atoms with Crippen LogP contribution in [0.15, 0.2) is 4.52 Å². The highest BCUT2D eigenvalue weighted by molar-refractivity contribution is 4.93. The summed E-state index contributed by atoms with van der Waals surface area (Å²) in [5.74, 6) is 1.48. The molecule has 15 heavy (non-hydrogen) atoms. The van der Waals surface area contributed by atoms with Crippen molar-refractivity contribution in [3.8, 4) is 6.07 Å².